The molecule has 1 aliphatic rings. The Balaban J connectivity index is 2.41. The minimum absolute atomic E-state index is 0.0599. The minimum Gasteiger partial charge on any atom is -0.342 e. The summed E-state index contributed by atoms with van der Waals surface area (Å²) in [7, 11) is -3.05. The van der Waals surface area contributed by atoms with E-state index in [1.807, 2.05) is 0 Å². The predicted octanol–water partition coefficient (Wildman–Crippen LogP) is -0.382. The summed E-state index contributed by atoms with van der Waals surface area (Å²) in [5.41, 5.74) is 5.57. The monoisotopic (exact) mass is 248 g/mol. The Morgan fingerprint density at radius 2 is 2.19 bits per heavy atom. The van der Waals surface area contributed by atoms with Crippen LogP contribution < -0.4 is 5.73 Å². The Labute approximate surface area is 96.9 Å². The summed E-state index contributed by atoms with van der Waals surface area (Å²) >= 11 is 0. The van der Waals surface area contributed by atoms with E-state index in [4.69, 9.17) is 5.73 Å². The van der Waals surface area contributed by atoms with Crippen molar-refractivity contribution < 1.29 is 13.2 Å². The van der Waals surface area contributed by atoms with Gasteiger partial charge in [0.05, 0.1) is 5.75 Å². The van der Waals surface area contributed by atoms with E-state index >= 15 is 0 Å². The Hall–Kier alpha value is -0.620. The van der Waals surface area contributed by atoms with Crippen molar-refractivity contribution in [1.82, 2.24) is 4.90 Å². The van der Waals surface area contributed by atoms with Gasteiger partial charge in [-0.1, -0.05) is 0 Å². The van der Waals surface area contributed by atoms with Crippen LogP contribution in [0, 0.1) is 5.92 Å². The Morgan fingerprint density at radius 1 is 1.50 bits per heavy atom. The third-order valence-corrected chi connectivity index (χ3v) is 3.84. The van der Waals surface area contributed by atoms with E-state index in [1.54, 1.807) is 4.90 Å². The molecule has 0 spiro atoms. The molecule has 5 nitrogen and oxygen atoms in total. The number of carbonyl (C=O) groups excluding carboxylic acids is 1. The van der Waals surface area contributed by atoms with E-state index in [0.29, 0.717) is 19.0 Å². The summed E-state index contributed by atoms with van der Waals surface area (Å²) in [5.74, 6) is 0.245. The Morgan fingerprint density at radius 3 is 2.75 bits per heavy atom. The number of nitrogens with two attached hydrogens (primary N) is 1. The van der Waals surface area contributed by atoms with Crippen molar-refractivity contribution in [3.8, 4) is 0 Å². The lowest BCUT2D eigenvalue weighted by Gasteiger charge is -2.32. The molecule has 0 bridgehead atoms. The highest BCUT2D eigenvalue weighted by molar-refractivity contribution is 7.90. The Kier molecular flexibility index (Phi) is 4.73. The highest BCUT2D eigenvalue weighted by Crippen LogP contribution is 2.16. The van der Waals surface area contributed by atoms with Gasteiger partial charge < -0.3 is 10.6 Å². The van der Waals surface area contributed by atoms with Gasteiger partial charge >= 0.3 is 0 Å². The second kappa shape index (κ2) is 5.63. The van der Waals surface area contributed by atoms with Crippen molar-refractivity contribution in [1.29, 1.82) is 0 Å². The molecule has 0 radical (unpaired) electrons. The molecule has 1 rings (SSSR count). The summed E-state index contributed by atoms with van der Waals surface area (Å²) in [4.78, 5) is 13.5. The lowest BCUT2D eigenvalue weighted by molar-refractivity contribution is -0.132. The fourth-order valence-electron chi connectivity index (χ4n) is 1.91. The van der Waals surface area contributed by atoms with Gasteiger partial charge in [-0.2, -0.15) is 0 Å². The highest BCUT2D eigenvalue weighted by atomic mass is 32.2. The number of sulfone groups is 1. The van der Waals surface area contributed by atoms with Crippen molar-refractivity contribution in [3.05, 3.63) is 0 Å². The van der Waals surface area contributed by atoms with Crippen LogP contribution >= 0.6 is 0 Å². The minimum atomic E-state index is -3.05. The smallest absolute Gasteiger partial charge is 0.223 e. The largest absolute Gasteiger partial charge is 0.342 e. The first-order valence-electron chi connectivity index (χ1n) is 5.58. The van der Waals surface area contributed by atoms with Crippen molar-refractivity contribution >= 4 is 15.7 Å². The molecular formula is C10H20N2O3S. The fraction of sp³-hybridized carbons (Fsp3) is 0.900. The van der Waals surface area contributed by atoms with Gasteiger partial charge in [0, 0.05) is 25.8 Å². The predicted molar refractivity (Wildman–Crippen MR) is 62.7 cm³/mol. The van der Waals surface area contributed by atoms with Crippen LogP contribution in [0.1, 0.15) is 19.3 Å². The molecule has 1 unspecified atom stereocenters. The summed E-state index contributed by atoms with van der Waals surface area (Å²) in [5, 5.41) is 0. The molecule has 6 heteroatoms. The lowest BCUT2D eigenvalue weighted by Crippen LogP contribution is -2.42. The van der Waals surface area contributed by atoms with Gasteiger partial charge in [-0.15, -0.1) is 0 Å². The standard InChI is InChI=1S/C10H20N2O3S/c1-16(14,15)6-4-10(13)12-5-2-3-9(7-11)8-12/h9H,2-8,11H2,1H3. The summed E-state index contributed by atoms with van der Waals surface area (Å²) in [6, 6.07) is 0. The Bertz CT molecular complexity index is 340. The first kappa shape index (κ1) is 13.4. The molecule has 2 N–H and O–H groups in total. The van der Waals surface area contributed by atoms with Gasteiger partial charge in [-0.3, -0.25) is 4.79 Å². The second-order valence-corrected chi connectivity index (χ2v) is 6.72. The van der Waals surface area contributed by atoms with E-state index in [0.717, 1.165) is 25.6 Å². The number of likely N-dealkylation sites (tertiary alicyclic amines) is 1. The van der Waals surface area contributed by atoms with E-state index in [1.165, 1.54) is 0 Å². The van der Waals surface area contributed by atoms with Crippen LogP contribution in [0.25, 0.3) is 0 Å². The maximum Gasteiger partial charge on any atom is 0.223 e. The zero-order chi connectivity index (χ0) is 12.2. The summed E-state index contributed by atoms with van der Waals surface area (Å²) < 4.78 is 21.9. The number of amides is 1. The van der Waals surface area contributed by atoms with Crippen LogP contribution in [0.4, 0.5) is 0 Å². The van der Waals surface area contributed by atoms with E-state index in [2.05, 4.69) is 0 Å². The second-order valence-electron chi connectivity index (χ2n) is 4.46. The number of piperidine rings is 1. The molecule has 0 aromatic heterocycles. The average Bonchev–Trinajstić information content (AvgIpc) is 2.25. The van der Waals surface area contributed by atoms with Gasteiger partial charge in [-0.25, -0.2) is 8.42 Å². The molecule has 16 heavy (non-hydrogen) atoms. The number of rotatable bonds is 4. The average molecular weight is 248 g/mol. The molecule has 94 valence electrons. The SMILES string of the molecule is CS(=O)(=O)CCC(=O)N1CCCC(CN)C1. The fourth-order valence-corrected chi connectivity index (χ4v) is 2.46. The lowest BCUT2D eigenvalue weighted by atomic mass is 9.98. The highest BCUT2D eigenvalue weighted by Gasteiger charge is 2.23. The zero-order valence-electron chi connectivity index (χ0n) is 9.68. The van der Waals surface area contributed by atoms with Gasteiger partial charge in [0.2, 0.25) is 5.91 Å². The van der Waals surface area contributed by atoms with Crippen LogP contribution in [0.3, 0.4) is 0 Å². The van der Waals surface area contributed by atoms with Crippen molar-refractivity contribution in [2.45, 2.75) is 19.3 Å². The maximum atomic E-state index is 11.7. The van der Waals surface area contributed by atoms with Gasteiger partial charge in [0.15, 0.2) is 0 Å². The molecule has 0 saturated carbocycles. The number of nitrogens with zero attached hydrogens (tertiary/aromatic N) is 1. The van der Waals surface area contributed by atoms with Crippen LogP contribution in [0.2, 0.25) is 0 Å². The first-order valence-corrected chi connectivity index (χ1v) is 7.64. The maximum absolute atomic E-state index is 11.7. The summed E-state index contributed by atoms with van der Waals surface area (Å²) in [6.45, 7) is 2.01. The molecular weight excluding hydrogens is 228 g/mol. The van der Waals surface area contributed by atoms with E-state index in [-0.39, 0.29) is 18.1 Å². The molecule has 1 atom stereocenters. The number of hydrogen-bond donors (Lipinski definition) is 1. The first-order chi connectivity index (χ1) is 7.42. The molecule has 0 aliphatic carbocycles. The van der Waals surface area contributed by atoms with Crippen LogP contribution in [0.15, 0.2) is 0 Å². The molecule has 1 aliphatic heterocycles. The molecule has 1 saturated heterocycles. The van der Waals surface area contributed by atoms with E-state index in [9.17, 15) is 13.2 Å². The van der Waals surface area contributed by atoms with Gasteiger partial charge in [-0.05, 0) is 25.3 Å². The van der Waals surface area contributed by atoms with Crippen LogP contribution in [-0.4, -0.2) is 50.9 Å². The van der Waals surface area contributed by atoms with Crippen molar-refractivity contribution in [2.24, 2.45) is 11.7 Å². The molecule has 1 amide bonds. The molecule has 1 fully saturated rings. The van der Waals surface area contributed by atoms with Crippen molar-refractivity contribution in [2.75, 3.05) is 31.6 Å². The third-order valence-electron chi connectivity index (χ3n) is 2.89. The van der Waals surface area contributed by atoms with Gasteiger partial charge in [0.1, 0.15) is 9.84 Å². The molecule has 1 heterocycles. The topological polar surface area (TPSA) is 80.5 Å². The van der Waals surface area contributed by atoms with Crippen LogP contribution in [-0.2, 0) is 14.6 Å². The van der Waals surface area contributed by atoms with Crippen LogP contribution in [0.5, 0.6) is 0 Å². The normalized spacial score (nSPS) is 22.1. The third kappa shape index (κ3) is 4.49. The summed E-state index contributed by atoms with van der Waals surface area (Å²) in [6.07, 6.45) is 3.27. The van der Waals surface area contributed by atoms with E-state index < -0.39 is 9.84 Å². The molecule has 0 aromatic rings. The zero-order valence-corrected chi connectivity index (χ0v) is 10.5. The quantitative estimate of drug-likeness (QED) is 0.735. The van der Waals surface area contributed by atoms with Gasteiger partial charge in [0.25, 0.3) is 0 Å². The molecule has 0 aromatic carbocycles. The number of carbonyl (C=O) groups is 1. The number of hydrogen-bond acceptors (Lipinski definition) is 4. The van der Waals surface area contributed by atoms with Crippen molar-refractivity contribution in [3.63, 3.8) is 0 Å².